The SMILES string of the molecule is COc1ccccc1C=NC(=O)c1ccc(N(C)C)cc1. The van der Waals surface area contributed by atoms with Gasteiger partial charge in [0.2, 0.25) is 0 Å². The van der Waals surface area contributed by atoms with Crippen molar-refractivity contribution in [1.82, 2.24) is 0 Å². The third kappa shape index (κ3) is 3.69. The molecule has 0 bridgehead atoms. The van der Waals surface area contributed by atoms with Gasteiger partial charge in [0.25, 0.3) is 5.91 Å². The molecule has 0 saturated heterocycles. The van der Waals surface area contributed by atoms with Gasteiger partial charge >= 0.3 is 0 Å². The molecular formula is C17H18N2O2. The molecule has 0 spiro atoms. The lowest BCUT2D eigenvalue weighted by molar-refractivity contribution is 0.100. The fourth-order valence-electron chi connectivity index (χ4n) is 1.88. The van der Waals surface area contributed by atoms with Gasteiger partial charge in [-0.15, -0.1) is 0 Å². The van der Waals surface area contributed by atoms with Gasteiger partial charge in [-0.05, 0) is 36.4 Å². The summed E-state index contributed by atoms with van der Waals surface area (Å²) in [6.45, 7) is 0. The summed E-state index contributed by atoms with van der Waals surface area (Å²) < 4.78 is 5.22. The Bertz CT molecular complexity index is 646. The van der Waals surface area contributed by atoms with Crippen LogP contribution in [-0.4, -0.2) is 33.3 Å². The first-order valence-corrected chi connectivity index (χ1v) is 6.60. The Morgan fingerprint density at radius 2 is 1.76 bits per heavy atom. The Balaban J connectivity index is 2.15. The Hall–Kier alpha value is -2.62. The summed E-state index contributed by atoms with van der Waals surface area (Å²) in [5, 5.41) is 0. The average Bonchev–Trinajstić information content (AvgIpc) is 2.52. The van der Waals surface area contributed by atoms with Gasteiger partial charge in [-0.2, -0.15) is 0 Å². The molecule has 0 aromatic heterocycles. The maximum Gasteiger partial charge on any atom is 0.276 e. The lowest BCUT2D eigenvalue weighted by Gasteiger charge is -2.11. The van der Waals surface area contributed by atoms with Gasteiger partial charge in [-0.1, -0.05) is 12.1 Å². The molecule has 21 heavy (non-hydrogen) atoms. The third-order valence-electron chi connectivity index (χ3n) is 3.09. The number of hydrogen-bond donors (Lipinski definition) is 0. The molecule has 0 aliphatic heterocycles. The summed E-state index contributed by atoms with van der Waals surface area (Å²) >= 11 is 0. The molecule has 0 aliphatic carbocycles. The number of para-hydroxylation sites is 1. The summed E-state index contributed by atoms with van der Waals surface area (Å²) in [5.41, 5.74) is 2.38. The maximum atomic E-state index is 12.0. The number of rotatable bonds is 4. The molecule has 0 saturated carbocycles. The molecule has 2 rings (SSSR count). The van der Waals surface area contributed by atoms with Crippen LogP contribution in [0, 0.1) is 0 Å². The molecule has 4 heteroatoms. The van der Waals surface area contributed by atoms with Gasteiger partial charge in [-0.3, -0.25) is 4.79 Å². The van der Waals surface area contributed by atoms with Crippen LogP contribution in [-0.2, 0) is 0 Å². The van der Waals surface area contributed by atoms with E-state index in [-0.39, 0.29) is 5.91 Å². The van der Waals surface area contributed by atoms with Crippen LogP contribution in [0.1, 0.15) is 15.9 Å². The Labute approximate surface area is 124 Å². The number of nitrogens with zero attached hydrogens (tertiary/aromatic N) is 2. The van der Waals surface area contributed by atoms with E-state index in [4.69, 9.17) is 4.74 Å². The highest BCUT2D eigenvalue weighted by atomic mass is 16.5. The van der Waals surface area contributed by atoms with Crippen molar-refractivity contribution in [3.05, 3.63) is 59.7 Å². The number of amides is 1. The molecule has 1 amide bonds. The first-order chi connectivity index (χ1) is 10.1. The van der Waals surface area contributed by atoms with Crippen molar-refractivity contribution in [1.29, 1.82) is 0 Å². The molecule has 2 aromatic carbocycles. The summed E-state index contributed by atoms with van der Waals surface area (Å²) in [4.78, 5) is 18.0. The second-order valence-corrected chi connectivity index (χ2v) is 4.75. The van der Waals surface area contributed by atoms with Gasteiger partial charge < -0.3 is 9.64 Å². The number of anilines is 1. The number of carbonyl (C=O) groups excluding carboxylic acids is 1. The van der Waals surface area contributed by atoms with E-state index in [1.165, 1.54) is 6.21 Å². The van der Waals surface area contributed by atoms with Gasteiger partial charge in [-0.25, -0.2) is 4.99 Å². The van der Waals surface area contributed by atoms with Crippen LogP contribution in [0.25, 0.3) is 0 Å². The normalized spacial score (nSPS) is 10.6. The van der Waals surface area contributed by atoms with Crippen molar-refractivity contribution < 1.29 is 9.53 Å². The van der Waals surface area contributed by atoms with Crippen molar-refractivity contribution in [3.63, 3.8) is 0 Å². The Kier molecular flexibility index (Phi) is 4.72. The molecule has 0 heterocycles. The van der Waals surface area contributed by atoms with Crippen LogP contribution in [0.2, 0.25) is 0 Å². The summed E-state index contributed by atoms with van der Waals surface area (Å²) in [6.07, 6.45) is 1.53. The minimum atomic E-state index is -0.272. The predicted octanol–water partition coefficient (Wildman–Crippen LogP) is 3.02. The third-order valence-corrected chi connectivity index (χ3v) is 3.09. The van der Waals surface area contributed by atoms with Crippen LogP contribution in [0.15, 0.2) is 53.5 Å². The lowest BCUT2D eigenvalue weighted by Crippen LogP contribution is -2.08. The number of hydrogen-bond acceptors (Lipinski definition) is 3. The fraction of sp³-hybridized carbons (Fsp3) is 0.176. The van der Waals surface area contributed by atoms with Gasteiger partial charge in [0, 0.05) is 37.1 Å². The molecule has 2 aromatic rings. The molecule has 0 N–H and O–H groups in total. The number of benzene rings is 2. The summed E-state index contributed by atoms with van der Waals surface area (Å²) in [5.74, 6) is 0.420. The van der Waals surface area contributed by atoms with Gasteiger partial charge in [0.05, 0.1) is 7.11 Å². The maximum absolute atomic E-state index is 12.0. The second-order valence-electron chi connectivity index (χ2n) is 4.75. The molecule has 0 unspecified atom stereocenters. The molecule has 4 nitrogen and oxygen atoms in total. The van der Waals surface area contributed by atoms with E-state index in [1.807, 2.05) is 55.4 Å². The van der Waals surface area contributed by atoms with Crippen LogP contribution in [0.3, 0.4) is 0 Å². The predicted molar refractivity (Wildman–Crippen MR) is 85.7 cm³/mol. The zero-order valence-corrected chi connectivity index (χ0v) is 12.4. The highest BCUT2D eigenvalue weighted by molar-refractivity contribution is 6.02. The van der Waals surface area contributed by atoms with E-state index in [0.29, 0.717) is 11.3 Å². The molecule has 108 valence electrons. The highest BCUT2D eigenvalue weighted by Gasteiger charge is 2.05. The van der Waals surface area contributed by atoms with E-state index in [2.05, 4.69) is 4.99 Å². The molecule has 0 fully saturated rings. The molecular weight excluding hydrogens is 264 g/mol. The number of methoxy groups -OCH3 is 1. The minimum absolute atomic E-state index is 0.272. The largest absolute Gasteiger partial charge is 0.496 e. The van der Waals surface area contributed by atoms with Gasteiger partial charge in [0.1, 0.15) is 5.75 Å². The van der Waals surface area contributed by atoms with Crippen molar-refractivity contribution >= 4 is 17.8 Å². The van der Waals surface area contributed by atoms with Crippen molar-refractivity contribution in [2.45, 2.75) is 0 Å². The summed E-state index contributed by atoms with van der Waals surface area (Å²) in [6, 6.07) is 14.8. The van der Waals surface area contributed by atoms with Crippen LogP contribution < -0.4 is 9.64 Å². The summed E-state index contributed by atoms with van der Waals surface area (Å²) in [7, 11) is 5.50. The molecule has 0 radical (unpaired) electrons. The van der Waals surface area contributed by atoms with E-state index >= 15 is 0 Å². The number of aliphatic imine (C=N–C) groups is 1. The average molecular weight is 282 g/mol. The minimum Gasteiger partial charge on any atom is -0.496 e. The standard InChI is InChI=1S/C17H18N2O2/c1-19(2)15-10-8-13(9-11-15)17(20)18-12-14-6-4-5-7-16(14)21-3/h4-12H,1-3H3. The zero-order chi connectivity index (χ0) is 15.2. The lowest BCUT2D eigenvalue weighted by atomic mass is 10.2. The van der Waals surface area contributed by atoms with E-state index < -0.39 is 0 Å². The monoisotopic (exact) mass is 282 g/mol. The van der Waals surface area contributed by atoms with Crippen molar-refractivity contribution in [2.24, 2.45) is 4.99 Å². The van der Waals surface area contributed by atoms with Crippen LogP contribution in [0.4, 0.5) is 5.69 Å². The quantitative estimate of drug-likeness (QED) is 0.809. The van der Waals surface area contributed by atoms with E-state index in [0.717, 1.165) is 11.3 Å². The first-order valence-electron chi connectivity index (χ1n) is 6.60. The van der Waals surface area contributed by atoms with E-state index in [1.54, 1.807) is 19.2 Å². The Morgan fingerprint density at radius 3 is 2.38 bits per heavy atom. The van der Waals surface area contributed by atoms with Crippen molar-refractivity contribution in [3.8, 4) is 5.75 Å². The number of carbonyl (C=O) groups is 1. The Morgan fingerprint density at radius 1 is 1.10 bits per heavy atom. The molecule has 0 aliphatic rings. The second kappa shape index (κ2) is 6.70. The first kappa shape index (κ1) is 14.8. The molecule has 0 atom stereocenters. The topological polar surface area (TPSA) is 41.9 Å². The number of ether oxygens (including phenoxy) is 1. The highest BCUT2D eigenvalue weighted by Crippen LogP contribution is 2.16. The zero-order valence-electron chi connectivity index (χ0n) is 12.4. The fourth-order valence-corrected chi connectivity index (χ4v) is 1.88. The van der Waals surface area contributed by atoms with Gasteiger partial charge in [0.15, 0.2) is 0 Å². The van der Waals surface area contributed by atoms with Crippen LogP contribution >= 0.6 is 0 Å². The van der Waals surface area contributed by atoms with Crippen molar-refractivity contribution in [2.75, 3.05) is 26.1 Å². The van der Waals surface area contributed by atoms with E-state index in [9.17, 15) is 4.79 Å². The smallest absolute Gasteiger partial charge is 0.276 e. The van der Waals surface area contributed by atoms with Crippen LogP contribution in [0.5, 0.6) is 5.75 Å².